The molecule has 0 amide bonds. The van der Waals surface area contributed by atoms with Gasteiger partial charge in [0.2, 0.25) is 0 Å². The number of hydrogen-bond donors (Lipinski definition) is 2. The summed E-state index contributed by atoms with van der Waals surface area (Å²) >= 11 is 6.11. The van der Waals surface area contributed by atoms with Crippen LogP contribution in [0.3, 0.4) is 0 Å². The molecule has 1 aliphatic rings. The summed E-state index contributed by atoms with van der Waals surface area (Å²) in [6.07, 6.45) is 6.24. The lowest BCUT2D eigenvalue weighted by atomic mass is 9.89. The summed E-state index contributed by atoms with van der Waals surface area (Å²) < 4.78 is 5.80. The molecular formula is C12H18ClN3O. The van der Waals surface area contributed by atoms with Crippen molar-refractivity contribution in [2.75, 3.05) is 6.61 Å². The van der Waals surface area contributed by atoms with E-state index in [9.17, 15) is 0 Å². The predicted molar refractivity (Wildman–Crippen MR) is 67.7 cm³/mol. The number of pyridine rings is 1. The number of halogens is 1. The summed E-state index contributed by atoms with van der Waals surface area (Å²) in [5.41, 5.74) is 3.69. The topological polar surface area (TPSA) is 60.2 Å². The van der Waals surface area contributed by atoms with Crippen LogP contribution in [0.15, 0.2) is 18.5 Å². The average molecular weight is 256 g/mol. The van der Waals surface area contributed by atoms with Crippen molar-refractivity contribution in [3.05, 3.63) is 29.0 Å². The fourth-order valence-electron chi connectivity index (χ4n) is 2.32. The molecule has 0 aromatic carbocycles. The lowest BCUT2D eigenvalue weighted by Gasteiger charge is -2.33. The molecule has 94 valence electrons. The number of nitrogens with two attached hydrogens (primary N) is 1. The lowest BCUT2D eigenvalue weighted by molar-refractivity contribution is -0.0115. The van der Waals surface area contributed by atoms with Gasteiger partial charge >= 0.3 is 0 Å². The molecule has 5 heteroatoms. The van der Waals surface area contributed by atoms with E-state index in [2.05, 4.69) is 17.3 Å². The third kappa shape index (κ3) is 2.77. The summed E-state index contributed by atoms with van der Waals surface area (Å²) in [5.74, 6) is 5.65. The third-order valence-electron chi connectivity index (χ3n) is 3.47. The Bertz CT molecular complexity index is 380. The Labute approximate surface area is 106 Å². The molecule has 1 aromatic heterocycles. The Kier molecular flexibility index (Phi) is 3.99. The van der Waals surface area contributed by atoms with Gasteiger partial charge in [0.05, 0.1) is 16.7 Å². The number of ether oxygens (including phenoxy) is 1. The molecule has 0 saturated carbocycles. The van der Waals surface area contributed by atoms with Gasteiger partial charge in [-0.2, -0.15) is 0 Å². The van der Waals surface area contributed by atoms with Gasteiger partial charge in [-0.05, 0) is 37.8 Å². The quantitative estimate of drug-likeness (QED) is 0.635. The molecule has 1 aromatic rings. The first-order valence-corrected chi connectivity index (χ1v) is 6.22. The predicted octanol–water partition coefficient (Wildman–Crippen LogP) is 1.68. The first-order valence-electron chi connectivity index (χ1n) is 5.84. The van der Waals surface area contributed by atoms with Crippen molar-refractivity contribution in [2.45, 2.75) is 37.8 Å². The number of aromatic nitrogens is 1. The maximum atomic E-state index is 6.11. The van der Waals surface area contributed by atoms with Crippen LogP contribution in [0.5, 0.6) is 0 Å². The van der Waals surface area contributed by atoms with Crippen LogP contribution >= 0.6 is 11.6 Å². The number of nitrogens with zero attached hydrogens (tertiary/aromatic N) is 1. The van der Waals surface area contributed by atoms with Crippen LogP contribution in [0.1, 0.15) is 25.3 Å². The van der Waals surface area contributed by atoms with Crippen molar-refractivity contribution < 1.29 is 4.74 Å². The SMILES string of the molecule is CC1(C(Cc2ccncc2Cl)NN)CCCO1. The van der Waals surface area contributed by atoms with Crippen LogP contribution in [0, 0.1) is 0 Å². The Hall–Kier alpha value is -0.680. The zero-order valence-electron chi connectivity index (χ0n) is 9.95. The molecule has 2 rings (SSSR count). The monoisotopic (exact) mass is 255 g/mol. The second-order valence-electron chi connectivity index (χ2n) is 4.66. The van der Waals surface area contributed by atoms with E-state index < -0.39 is 0 Å². The van der Waals surface area contributed by atoms with Gasteiger partial charge in [0, 0.05) is 19.0 Å². The molecule has 1 aliphatic heterocycles. The van der Waals surface area contributed by atoms with Crippen molar-refractivity contribution in [3.63, 3.8) is 0 Å². The standard InChI is InChI=1S/C12H18ClN3O/c1-12(4-2-6-17-12)11(16-14)7-9-3-5-15-8-10(9)13/h3,5,8,11,16H,2,4,6-7,14H2,1H3. The zero-order chi connectivity index (χ0) is 12.3. The van der Waals surface area contributed by atoms with Crippen LogP contribution in [-0.2, 0) is 11.2 Å². The average Bonchev–Trinajstić information content (AvgIpc) is 2.76. The molecule has 3 N–H and O–H groups in total. The normalized spacial score (nSPS) is 26.1. The van der Waals surface area contributed by atoms with Crippen LogP contribution in [0.25, 0.3) is 0 Å². The molecule has 4 nitrogen and oxygen atoms in total. The Morgan fingerprint density at radius 2 is 2.53 bits per heavy atom. The first kappa shape index (κ1) is 12.8. The maximum Gasteiger partial charge on any atom is 0.0824 e. The largest absolute Gasteiger partial charge is 0.374 e. The first-order chi connectivity index (χ1) is 8.15. The second-order valence-corrected chi connectivity index (χ2v) is 5.06. The minimum absolute atomic E-state index is 0.0601. The molecule has 2 heterocycles. The highest BCUT2D eigenvalue weighted by Gasteiger charge is 2.38. The molecule has 0 aliphatic carbocycles. The molecule has 0 spiro atoms. The zero-order valence-corrected chi connectivity index (χ0v) is 10.7. The van der Waals surface area contributed by atoms with E-state index >= 15 is 0 Å². The van der Waals surface area contributed by atoms with Gasteiger partial charge in [-0.1, -0.05) is 11.6 Å². The Balaban J connectivity index is 2.12. The number of rotatable bonds is 4. The second kappa shape index (κ2) is 5.31. The third-order valence-corrected chi connectivity index (χ3v) is 3.81. The van der Waals surface area contributed by atoms with Gasteiger partial charge in [-0.3, -0.25) is 16.3 Å². The van der Waals surface area contributed by atoms with Crippen LogP contribution in [-0.4, -0.2) is 23.2 Å². The number of hydrogen-bond acceptors (Lipinski definition) is 4. The van der Waals surface area contributed by atoms with E-state index in [0.717, 1.165) is 31.4 Å². The van der Waals surface area contributed by atoms with Crippen molar-refractivity contribution >= 4 is 11.6 Å². The smallest absolute Gasteiger partial charge is 0.0824 e. The van der Waals surface area contributed by atoms with Crippen molar-refractivity contribution in [1.82, 2.24) is 10.4 Å². The van der Waals surface area contributed by atoms with E-state index in [4.69, 9.17) is 22.2 Å². The van der Waals surface area contributed by atoms with Gasteiger partial charge in [0.15, 0.2) is 0 Å². The molecule has 17 heavy (non-hydrogen) atoms. The van der Waals surface area contributed by atoms with Crippen molar-refractivity contribution in [1.29, 1.82) is 0 Å². The molecule has 0 radical (unpaired) electrons. The summed E-state index contributed by atoms with van der Waals surface area (Å²) in [5, 5.41) is 0.675. The molecule has 1 fully saturated rings. The van der Waals surface area contributed by atoms with Crippen molar-refractivity contribution in [2.24, 2.45) is 5.84 Å². The minimum atomic E-state index is -0.207. The fraction of sp³-hybridized carbons (Fsp3) is 0.583. The summed E-state index contributed by atoms with van der Waals surface area (Å²) in [4.78, 5) is 3.98. The van der Waals surface area contributed by atoms with Gasteiger partial charge in [-0.25, -0.2) is 0 Å². The summed E-state index contributed by atoms with van der Waals surface area (Å²) in [7, 11) is 0. The molecule has 2 atom stereocenters. The Morgan fingerprint density at radius 3 is 3.12 bits per heavy atom. The summed E-state index contributed by atoms with van der Waals surface area (Å²) in [6, 6.07) is 1.98. The highest BCUT2D eigenvalue weighted by Crippen LogP contribution is 2.30. The molecule has 0 bridgehead atoms. The van der Waals surface area contributed by atoms with Gasteiger partial charge in [-0.15, -0.1) is 0 Å². The highest BCUT2D eigenvalue weighted by molar-refractivity contribution is 6.31. The van der Waals surface area contributed by atoms with E-state index in [1.54, 1.807) is 12.4 Å². The van der Waals surface area contributed by atoms with Gasteiger partial charge in [0.1, 0.15) is 0 Å². The summed E-state index contributed by atoms with van der Waals surface area (Å²) in [6.45, 7) is 2.90. The molecule has 2 unspecified atom stereocenters. The molecular weight excluding hydrogens is 238 g/mol. The van der Waals surface area contributed by atoms with Crippen LogP contribution in [0.4, 0.5) is 0 Å². The molecule has 1 saturated heterocycles. The van der Waals surface area contributed by atoms with E-state index in [1.165, 1.54) is 0 Å². The van der Waals surface area contributed by atoms with E-state index in [1.807, 2.05) is 6.07 Å². The van der Waals surface area contributed by atoms with Crippen LogP contribution < -0.4 is 11.3 Å². The van der Waals surface area contributed by atoms with Crippen molar-refractivity contribution in [3.8, 4) is 0 Å². The van der Waals surface area contributed by atoms with Gasteiger partial charge in [0.25, 0.3) is 0 Å². The maximum absolute atomic E-state index is 6.11. The number of hydrazine groups is 1. The minimum Gasteiger partial charge on any atom is -0.374 e. The van der Waals surface area contributed by atoms with Crippen LogP contribution in [0.2, 0.25) is 5.02 Å². The van der Waals surface area contributed by atoms with E-state index in [-0.39, 0.29) is 11.6 Å². The Morgan fingerprint density at radius 1 is 1.71 bits per heavy atom. The lowest BCUT2D eigenvalue weighted by Crippen LogP contribution is -2.52. The number of nitrogens with one attached hydrogen (secondary N) is 1. The highest BCUT2D eigenvalue weighted by atomic mass is 35.5. The van der Waals surface area contributed by atoms with Gasteiger partial charge < -0.3 is 4.74 Å². The van der Waals surface area contributed by atoms with E-state index in [0.29, 0.717) is 5.02 Å². The fourth-order valence-corrected chi connectivity index (χ4v) is 2.51.